The molecule has 0 amide bonds. The minimum absolute atomic E-state index is 0.176. The van der Waals surface area contributed by atoms with Crippen molar-refractivity contribution in [3.8, 4) is 0 Å². The van der Waals surface area contributed by atoms with Gasteiger partial charge in [-0.25, -0.2) is 0 Å². The summed E-state index contributed by atoms with van der Waals surface area (Å²) in [6, 6.07) is 0. The van der Waals surface area contributed by atoms with Crippen molar-refractivity contribution in [2.45, 2.75) is 27.2 Å². The number of ether oxygens (including phenoxy) is 1. The Morgan fingerprint density at radius 3 is 2.36 bits per heavy atom. The maximum atomic E-state index is 11.0. The maximum Gasteiger partial charge on any atom is 0.133 e. The average molecular weight is 158 g/mol. The maximum absolute atomic E-state index is 11.0. The van der Waals surface area contributed by atoms with Crippen LogP contribution in [0.25, 0.3) is 0 Å². The van der Waals surface area contributed by atoms with Crippen molar-refractivity contribution in [2.24, 2.45) is 11.8 Å². The summed E-state index contributed by atoms with van der Waals surface area (Å²) >= 11 is 0. The van der Waals surface area contributed by atoms with Crippen LogP contribution in [-0.4, -0.2) is 19.5 Å². The molecule has 0 N–H and O–H groups in total. The summed E-state index contributed by atoms with van der Waals surface area (Å²) in [4.78, 5) is 11.0. The predicted octanol–water partition coefficient (Wildman–Crippen LogP) is 1.88. The Kier molecular flexibility index (Phi) is 5.12. The minimum Gasteiger partial charge on any atom is -0.384 e. The zero-order valence-corrected chi connectivity index (χ0v) is 7.89. The first-order valence-electron chi connectivity index (χ1n) is 4.12. The van der Waals surface area contributed by atoms with Crippen molar-refractivity contribution in [1.82, 2.24) is 0 Å². The normalized spacial score (nSPS) is 16.0. The number of carbonyl (C=O) groups is 1. The van der Waals surface area contributed by atoms with Gasteiger partial charge in [0.2, 0.25) is 0 Å². The quantitative estimate of drug-likeness (QED) is 0.610. The lowest BCUT2D eigenvalue weighted by Gasteiger charge is -2.18. The Morgan fingerprint density at radius 1 is 1.55 bits per heavy atom. The van der Waals surface area contributed by atoms with Crippen molar-refractivity contribution in [3.63, 3.8) is 0 Å². The molecule has 0 radical (unpaired) electrons. The van der Waals surface area contributed by atoms with E-state index >= 15 is 0 Å². The van der Waals surface area contributed by atoms with Gasteiger partial charge in [-0.1, -0.05) is 13.8 Å². The first kappa shape index (κ1) is 10.6. The molecule has 66 valence electrons. The average Bonchev–Trinajstić information content (AvgIpc) is 1.88. The van der Waals surface area contributed by atoms with Crippen LogP contribution < -0.4 is 0 Å². The van der Waals surface area contributed by atoms with Crippen LogP contribution in [-0.2, 0) is 9.53 Å². The molecular formula is C9H18O2. The van der Waals surface area contributed by atoms with Gasteiger partial charge in [-0.05, 0) is 19.3 Å². The third-order valence-corrected chi connectivity index (χ3v) is 2.08. The van der Waals surface area contributed by atoms with Gasteiger partial charge in [0.05, 0.1) is 0 Å². The van der Waals surface area contributed by atoms with E-state index in [0.717, 1.165) is 6.42 Å². The van der Waals surface area contributed by atoms with Gasteiger partial charge in [0.15, 0.2) is 0 Å². The molecule has 11 heavy (non-hydrogen) atoms. The molecular weight excluding hydrogens is 140 g/mol. The first-order chi connectivity index (χ1) is 5.13. The first-order valence-corrected chi connectivity index (χ1v) is 4.12. The summed E-state index contributed by atoms with van der Waals surface area (Å²) in [6.07, 6.45) is 0.917. The SMILES string of the molecule is CCC(C(C)=O)C(C)COC. The molecule has 0 aliphatic heterocycles. The summed E-state index contributed by atoms with van der Waals surface area (Å²) in [5.41, 5.74) is 0. The lowest BCUT2D eigenvalue weighted by atomic mass is 9.89. The van der Waals surface area contributed by atoms with E-state index in [-0.39, 0.29) is 11.7 Å². The highest BCUT2D eigenvalue weighted by molar-refractivity contribution is 5.78. The fraction of sp³-hybridized carbons (Fsp3) is 0.889. The van der Waals surface area contributed by atoms with Gasteiger partial charge in [0, 0.05) is 19.6 Å². The van der Waals surface area contributed by atoms with Gasteiger partial charge in [0.1, 0.15) is 5.78 Å². The van der Waals surface area contributed by atoms with Crippen molar-refractivity contribution in [1.29, 1.82) is 0 Å². The van der Waals surface area contributed by atoms with Crippen molar-refractivity contribution in [3.05, 3.63) is 0 Å². The molecule has 0 bridgehead atoms. The number of ketones is 1. The molecule has 0 fully saturated rings. The molecule has 0 aliphatic carbocycles. The highest BCUT2D eigenvalue weighted by Gasteiger charge is 2.19. The van der Waals surface area contributed by atoms with Crippen LogP contribution in [0, 0.1) is 11.8 Å². The van der Waals surface area contributed by atoms with E-state index in [1.165, 1.54) is 0 Å². The highest BCUT2D eigenvalue weighted by atomic mass is 16.5. The van der Waals surface area contributed by atoms with Crippen LogP contribution in [0.3, 0.4) is 0 Å². The lowest BCUT2D eigenvalue weighted by molar-refractivity contribution is -0.122. The van der Waals surface area contributed by atoms with E-state index in [9.17, 15) is 4.79 Å². The largest absolute Gasteiger partial charge is 0.384 e. The Balaban J connectivity index is 3.91. The molecule has 2 heteroatoms. The van der Waals surface area contributed by atoms with Crippen molar-refractivity contribution < 1.29 is 9.53 Å². The fourth-order valence-corrected chi connectivity index (χ4v) is 1.47. The summed E-state index contributed by atoms with van der Waals surface area (Å²) in [6.45, 7) is 6.43. The van der Waals surface area contributed by atoms with Crippen LogP contribution >= 0.6 is 0 Å². The van der Waals surface area contributed by atoms with E-state index in [2.05, 4.69) is 6.92 Å². The van der Waals surface area contributed by atoms with Crippen molar-refractivity contribution >= 4 is 5.78 Å². The third-order valence-electron chi connectivity index (χ3n) is 2.08. The number of carbonyl (C=O) groups excluding carboxylic acids is 1. The third kappa shape index (κ3) is 3.51. The monoisotopic (exact) mass is 158 g/mol. The highest BCUT2D eigenvalue weighted by Crippen LogP contribution is 2.16. The Hall–Kier alpha value is -0.370. The van der Waals surface area contributed by atoms with Gasteiger partial charge in [0.25, 0.3) is 0 Å². The Morgan fingerprint density at radius 2 is 2.09 bits per heavy atom. The molecule has 2 atom stereocenters. The summed E-state index contributed by atoms with van der Waals surface area (Å²) in [5, 5.41) is 0. The standard InChI is InChI=1S/C9H18O2/c1-5-9(8(3)10)7(2)6-11-4/h7,9H,5-6H2,1-4H3. The smallest absolute Gasteiger partial charge is 0.133 e. The number of hydrogen-bond acceptors (Lipinski definition) is 2. The Labute approximate surface area is 68.9 Å². The van der Waals surface area contributed by atoms with Gasteiger partial charge >= 0.3 is 0 Å². The number of methoxy groups -OCH3 is 1. The fourth-order valence-electron chi connectivity index (χ4n) is 1.47. The molecule has 0 aromatic rings. The van der Waals surface area contributed by atoms with Gasteiger partial charge < -0.3 is 4.74 Å². The van der Waals surface area contributed by atoms with Crippen LogP contribution in [0.15, 0.2) is 0 Å². The van der Waals surface area contributed by atoms with Crippen LogP contribution in [0.2, 0.25) is 0 Å². The molecule has 0 heterocycles. The van der Waals surface area contributed by atoms with Crippen LogP contribution in [0.4, 0.5) is 0 Å². The minimum atomic E-state index is 0.176. The molecule has 2 unspecified atom stereocenters. The topological polar surface area (TPSA) is 26.3 Å². The Bertz CT molecular complexity index is 121. The second-order valence-electron chi connectivity index (χ2n) is 3.06. The molecule has 0 spiro atoms. The number of Topliss-reactive ketones (excluding diaryl/α,β-unsaturated/α-hetero) is 1. The summed E-state index contributed by atoms with van der Waals surface area (Å²) in [7, 11) is 1.67. The van der Waals surface area contributed by atoms with Gasteiger partial charge in [-0.2, -0.15) is 0 Å². The van der Waals surface area contributed by atoms with E-state index in [1.807, 2.05) is 6.92 Å². The summed E-state index contributed by atoms with van der Waals surface area (Å²) < 4.78 is 4.98. The van der Waals surface area contributed by atoms with Crippen molar-refractivity contribution in [2.75, 3.05) is 13.7 Å². The van der Waals surface area contributed by atoms with Gasteiger partial charge in [-0.3, -0.25) is 4.79 Å². The molecule has 0 aromatic carbocycles. The van der Waals surface area contributed by atoms with E-state index in [4.69, 9.17) is 4.74 Å². The molecule has 0 aliphatic rings. The van der Waals surface area contributed by atoms with Crippen LogP contribution in [0.5, 0.6) is 0 Å². The molecule has 0 rings (SSSR count). The van der Waals surface area contributed by atoms with Crippen LogP contribution in [0.1, 0.15) is 27.2 Å². The number of hydrogen-bond donors (Lipinski definition) is 0. The predicted molar refractivity (Wildman–Crippen MR) is 45.5 cm³/mol. The molecule has 0 saturated heterocycles. The zero-order valence-electron chi connectivity index (χ0n) is 7.89. The van der Waals surface area contributed by atoms with E-state index in [0.29, 0.717) is 12.5 Å². The van der Waals surface area contributed by atoms with Gasteiger partial charge in [-0.15, -0.1) is 0 Å². The molecule has 0 saturated carbocycles. The molecule has 2 nitrogen and oxygen atoms in total. The second kappa shape index (κ2) is 5.30. The van der Waals surface area contributed by atoms with E-state index in [1.54, 1.807) is 14.0 Å². The number of rotatable bonds is 5. The zero-order chi connectivity index (χ0) is 8.85. The van der Waals surface area contributed by atoms with E-state index < -0.39 is 0 Å². The second-order valence-corrected chi connectivity index (χ2v) is 3.06. The summed E-state index contributed by atoms with van der Waals surface area (Å²) in [5.74, 6) is 0.800. The molecule has 0 aromatic heterocycles. The lowest BCUT2D eigenvalue weighted by Crippen LogP contribution is -2.22.